The molecular weight excluding hydrogens is 362 g/mol. The highest BCUT2D eigenvalue weighted by Crippen LogP contribution is 2.30. The number of methoxy groups -OCH3 is 1. The monoisotopic (exact) mass is 383 g/mol. The Kier molecular flexibility index (Phi) is 5.05. The molecule has 1 aliphatic heterocycles. The highest BCUT2D eigenvalue weighted by atomic mass is 32.2. The van der Waals surface area contributed by atoms with Crippen molar-refractivity contribution in [3.8, 4) is 5.75 Å². The summed E-state index contributed by atoms with van der Waals surface area (Å²) in [5.74, 6) is -1.20. The number of hydrogen-bond donors (Lipinski definition) is 3. The Bertz CT molecular complexity index is 821. The fourth-order valence-electron chi connectivity index (χ4n) is 2.78. The van der Waals surface area contributed by atoms with Crippen molar-refractivity contribution in [2.45, 2.75) is 30.2 Å². The number of carboxylic acid groups (broad SMARTS) is 1. The van der Waals surface area contributed by atoms with Gasteiger partial charge in [-0.1, -0.05) is 0 Å². The Hall–Kier alpha value is -2.33. The first-order valence-electron chi connectivity index (χ1n) is 8.29. The van der Waals surface area contributed by atoms with Crippen LogP contribution in [-0.2, 0) is 14.8 Å². The van der Waals surface area contributed by atoms with E-state index in [4.69, 9.17) is 9.84 Å². The number of carboxylic acids is 1. The first-order chi connectivity index (χ1) is 12.3. The average molecular weight is 383 g/mol. The Morgan fingerprint density at radius 3 is 2.58 bits per heavy atom. The van der Waals surface area contributed by atoms with Crippen LogP contribution in [0.25, 0.3) is 0 Å². The topological polar surface area (TPSA) is 125 Å². The van der Waals surface area contributed by atoms with Gasteiger partial charge in [-0.25, -0.2) is 17.9 Å². The van der Waals surface area contributed by atoms with E-state index in [0.717, 1.165) is 12.8 Å². The van der Waals surface area contributed by atoms with E-state index in [2.05, 4.69) is 10.0 Å². The predicted molar refractivity (Wildman–Crippen MR) is 92.7 cm³/mol. The third-order valence-electron chi connectivity index (χ3n) is 4.45. The molecule has 1 heterocycles. The van der Waals surface area contributed by atoms with Gasteiger partial charge in [0.1, 0.15) is 5.75 Å². The maximum atomic E-state index is 12.4. The molecule has 9 nitrogen and oxygen atoms in total. The van der Waals surface area contributed by atoms with Crippen molar-refractivity contribution in [3.05, 3.63) is 18.2 Å². The molecule has 1 unspecified atom stereocenters. The second-order valence-corrected chi connectivity index (χ2v) is 8.17. The third-order valence-corrected chi connectivity index (χ3v) is 5.96. The summed E-state index contributed by atoms with van der Waals surface area (Å²) >= 11 is 0. The van der Waals surface area contributed by atoms with E-state index in [1.165, 1.54) is 30.2 Å². The van der Waals surface area contributed by atoms with E-state index in [-0.39, 0.29) is 23.2 Å². The van der Waals surface area contributed by atoms with Crippen LogP contribution >= 0.6 is 0 Å². The first kappa shape index (κ1) is 18.5. The largest absolute Gasteiger partial charge is 0.495 e. The average Bonchev–Trinajstić information content (AvgIpc) is 3.24. The van der Waals surface area contributed by atoms with E-state index >= 15 is 0 Å². The number of ether oxygens (including phenoxy) is 1. The van der Waals surface area contributed by atoms with E-state index in [9.17, 15) is 18.0 Å². The third kappa shape index (κ3) is 4.07. The summed E-state index contributed by atoms with van der Waals surface area (Å²) in [4.78, 5) is 24.8. The maximum Gasteiger partial charge on any atom is 0.321 e. The Labute approximate surface area is 151 Å². The van der Waals surface area contributed by atoms with E-state index in [1.54, 1.807) is 0 Å². The molecule has 1 aromatic rings. The number of nitrogens with zero attached hydrogens (tertiary/aromatic N) is 1. The lowest BCUT2D eigenvalue weighted by molar-refractivity contribution is -0.141. The molecule has 1 saturated carbocycles. The van der Waals surface area contributed by atoms with Gasteiger partial charge < -0.3 is 20.1 Å². The zero-order valence-electron chi connectivity index (χ0n) is 14.3. The lowest BCUT2D eigenvalue weighted by atomic mass is 10.1. The van der Waals surface area contributed by atoms with Gasteiger partial charge >= 0.3 is 12.0 Å². The molecular formula is C16H21N3O6S. The van der Waals surface area contributed by atoms with Gasteiger partial charge in [-0.15, -0.1) is 0 Å². The van der Waals surface area contributed by atoms with Gasteiger partial charge in [-0.2, -0.15) is 0 Å². The number of amides is 2. The Balaban J connectivity index is 1.76. The number of carbonyl (C=O) groups excluding carboxylic acids is 1. The summed E-state index contributed by atoms with van der Waals surface area (Å²) in [7, 11) is -2.25. The molecule has 1 saturated heterocycles. The number of sulfonamides is 1. The fourth-order valence-corrected chi connectivity index (χ4v) is 4.11. The molecule has 0 aromatic heterocycles. The second-order valence-electron chi connectivity index (χ2n) is 6.46. The summed E-state index contributed by atoms with van der Waals surface area (Å²) in [5, 5.41) is 11.7. The van der Waals surface area contributed by atoms with Crippen LogP contribution in [0.1, 0.15) is 19.3 Å². The van der Waals surface area contributed by atoms with Gasteiger partial charge in [0.25, 0.3) is 0 Å². The second kappa shape index (κ2) is 7.12. The first-order valence-corrected chi connectivity index (χ1v) is 9.77. The Morgan fingerprint density at radius 1 is 1.27 bits per heavy atom. The van der Waals surface area contributed by atoms with Crippen LogP contribution in [0.5, 0.6) is 5.75 Å². The SMILES string of the molecule is COc1ccc(S(=O)(=O)NC2CC2)cc1NC(=O)N1CCC(C(=O)O)C1. The van der Waals surface area contributed by atoms with E-state index < -0.39 is 27.9 Å². The fraction of sp³-hybridized carbons (Fsp3) is 0.500. The van der Waals surface area contributed by atoms with Gasteiger partial charge in [-0.05, 0) is 37.5 Å². The molecule has 3 N–H and O–H groups in total. The number of carbonyl (C=O) groups is 2. The quantitative estimate of drug-likeness (QED) is 0.675. The highest BCUT2D eigenvalue weighted by molar-refractivity contribution is 7.89. The number of likely N-dealkylation sites (tertiary alicyclic amines) is 1. The molecule has 2 amide bonds. The molecule has 26 heavy (non-hydrogen) atoms. The minimum atomic E-state index is -3.67. The lowest BCUT2D eigenvalue weighted by Gasteiger charge is -2.18. The zero-order chi connectivity index (χ0) is 18.9. The molecule has 1 aromatic carbocycles. The van der Waals surface area contributed by atoms with Crippen LogP contribution in [0.15, 0.2) is 23.1 Å². The van der Waals surface area contributed by atoms with Gasteiger partial charge in [0.2, 0.25) is 10.0 Å². The van der Waals surface area contributed by atoms with Crippen molar-refractivity contribution in [2.75, 3.05) is 25.5 Å². The lowest BCUT2D eigenvalue weighted by Crippen LogP contribution is -2.34. The van der Waals surface area contributed by atoms with Crippen molar-refractivity contribution < 1.29 is 27.9 Å². The van der Waals surface area contributed by atoms with Gasteiger partial charge in [0.05, 0.1) is 23.6 Å². The summed E-state index contributed by atoms with van der Waals surface area (Å²) in [5.41, 5.74) is 0.218. The van der Waals surface area contributed by atoms with Gasteiger partial charge in [0.15, 0.2) is 0 Å². The summed E-state index contributed by atoms with van der Waals surface area (Å²) in [6.07, 6.45) is 2.02. The molecule has 142 valence electrons. The van der Waals surface area contributed by atoms with Crippen LogP contribution in [-0.4, -0.2) is 56.7 Å². The predicted octanol–water partition coefficient (Wildman–Crippen LogP) is 1.07. The van der Waals surface area contributed by atoms with E-state index in [1.807, 2.05) is 0 Å². The number of anilines is 1. The standard InChI is InChI=1S/C16H21N3O6S/c1-25-14-5-4-12(26(23,24)18-11-2-3-11)8-13(14)17-16(22)19-7-6-10(9-19)15(20)21/h4-5,8,10-11,18H,2-3,6-7,9H2,1H3,(H,17,22)(H,20,21). The van der Waals surface area contributed by atoms with Crippen LogP contribution < -0.4 is 14.8 Å². The van der Waals surface area contributed by atoms with Gasteiger partial charge in [-0.3, -0.25) is 4.79 Å². The number of benzene rings is 1. The highest BCUT2D eigenvalue weighted by Gasteiger charge is 2.32. The molecule has 1 aliphatic carbocycles. The maximum absolute atomic E-state index is 12.4. The smallest absolute Gasteiger partial charge is 0.321 e. The number of hydrogen-bond acceptors (Lipinski definition) is 5. The summed E-state index contributed by atoms with van der Waals surface area (Å²) in [6.45, 7) is 0.442. The van der Waals surface area contributed by atoms with Crippen LogP contribution in [0, 0.1) is 5.92 Å². The molecule has 2 aliphatic rings. The Morgan fingerprint density at radius 2 is 2.00 bits per heavy atom. The molecule has 10 heteroatoms. The number of urea groups is 1. The zero-order valence-corrected chi connectivity index (χ0v) is 15.1. The van der Waals surface area contributed by atoms with Gasteiger partial charge in [0, 0.05) is 19.1 Å². The van der Waals surface area contributed by atoms with E-state index in [0.29, 0.717) is 18.7 Å². The van der Waals surface area contributed by atoms with Crippen molar-refractivity contribution >= 4 is 27.7 Å². The molecule has 0 radical (unpaired) electrons. The molecule has 2 fully saturated rings. The molecule has 3 rings (SSSR count). The van der Waals surface area contributed by atoms with Crippen LogP contribution in [0.2, 0.25) is 0 Å². The number of aliphatic carboxylic acids is 1. The van der Waals surface area contributed by atoms with Crippen molar-refractivity contribution in [1.29, 1.82) is 0 Å². The minimum Gasteiger partial charge on any atom is -0.495 e. The summed E-state index contributed by atoms with van der Waals surface area (Å²) in [6, 6.07) is 3.71. The summed E-state index contributed by atoms with van der Waals surface area (Å²) < 4.78 is 32.5. The normalized spacial score (nSPS) is 20.0. The molecule has 1 atom stereocenters. The minimum absolute atomic E-state index is 0.0299. The number of rotatable bonds is 6. The van der Waals surface area contributed by atoms with Crippen molar-refractivity contribution in [1.82, 2.24) is 9.62 Å². The number of nitrogens with one attached hydrogen (secondary N) is 2. The van der Waals surface area contributed by atoms with Crippen LogP contribution in [0.4, 0.5) is 10.5 Å². The van der Waals surface area contributed by atoms with Crippen molar-refractivity contribution in [2.24, 2.45) is 5.92 Å². The molecule has 0 spiro atoms. The van der Waals surface area contributed by atoms with Crippen molar-refractivity contribution in [3.63, 3.8) is 0 Å². The molecule has 0 bridgehead atoms. The van der Waals surface area contributed by atoms with Crippen LogP contribution in [0.3, 0.4) is 0 Å².